The fourth-order valence-corrected chi connectivity index (χ4v) is 2.06. The Morgan fingerprint density at radius 2 is 1.59 bits per heavy atom. The zero-order chi connectivity index (χ0) is 12.1. The number of hydrogen-bond donors (Lipinski definition) is 0. The summed E-state index contributed by atoms with van der Waals surface area (Å²) >= 11 is 1.65. The van der Waals surface area contributed by atoms with Gasteiger partial charge >= 0.3 is 0 Å². The van der Waals surface area contributed by atoms with E-state index in [9.17, 15) is 4.39 Å². The second-order valence-electron chi connectivity index (χ2n) is 3.79. The van der Waals surface area contributed by atoms with Crippen molar-refractivity contribution in [2.45, 2.75) is 11.8 Å². The molecule has 0 amide bonds. The molecule has 2 aromatic carbocycles. The SMILES string of the molecule is Cc1ccc(S/C=C/c2ccc(F)cc2)cc1. The molecule has 0 saturated carbocycles. The Hall–Kier alpha value is -1.54. The van der Waals surface area contributed by atoms with E-state index in [4.69, 9.17) is 0 Å². The molecule has 0 bridgehead atoms. The highest BCUT2D eigenvalue weighted by Crippen LogP contribution is 2.20. The molecule has 0 fully saturated rings. The predicted molar refractivity (Wildman–Crippen MR) is 72.5 cm³/mol. The Balaban J connectivity index is 1.97. The minimum Gasteiger partial charge on any atom is -0.207 e. The predicted octanol–water partition coefficient (Wildman–Crippen LogP) is 4.90. The third-order valence-corrected chi connectivity index (χ3v) is 3.17. The molecule has 0 aliphatic heterocycles. The highest BCUT2D eigenvalue weighted by molar-refractivity contribution is 8.02. The van der Waals surface area contributed by atoms with Crippen LogP contribution in [0.15, 0.2) is 58.8 Å². The van der Waals surface area contributed by atoms with E-state index < -0.39 is 0 Å². The van der Waals surface area contributed by atoms with Gasteiger partial charge in [0.25, 0.3) is 0 Å². The van der Waals surface area contributed by atoms with Crippen LogP contribution in [0.2, 0.25) is 0 Å². The third-order valence-electron chi connectivity index (χ3n) is 2.36. The molecule has 0 spiro atoms. The fraction of sp³-hybridized carbons (Fsp3) is 0.0667. The van der Waals surface area contributed by atoms with Crippen LogP contribution in [0.1, 0.15) is 11.1 Å². The number of benzene rings is 2. The largest absolute Gasteiger partial charge is 0.207 e. The van der Waals surface area contributed by atoms with Crippen LogP contribution in [0, 0.1) is 12.7 Å². The smallest absolute Gasteiger partial charge is 0.123 e. The normalized spacial score (nSPS) is 10.9. The second kappa shape index (κ2) is 5.69. The highest BCUT2D eigenvalue weighted by Gasteiger charge is 1.91. The fourth-order valence-electron chi connectivity index (χ4n) is 1.38. The first-order chi connectivity index (χ1) is 8.24. The third kappa shape index (κ3) is 3.75. The van der Waals surface area contributed by atoms with E-state index in [-0.39, 0.29) is 5.82 Å². The molecule has 2 aromatic rings. The molecule has 2 heteroatoms. The minimum absolute atomic E-state index is 0.201. The molecule has 86 valence electrons. The van der Waals surface area contributed by atoms with E-state index in [1.54, 1.807) is 23.9 Å². The summed E-state index contributed by atoms with van der Waals surface area (Å²) in [5.74, 6) is -0.201. The molecule has 0 aliphatic carbocycles. The molecule has 0 aromatic heterocycles. The van der Waals surface area contributed by atoms with Crippen molar-refractivity contribution in [2.24, 2.45) is 0 Å². The van der Waals surface area contributed by atoms with Gasteiger partial charge in [-0.3, -0.25) is 0 Å². The van der Waals surface area contributed by atoms with E-state index in [0.29, 0.717) is 0 Å². The Morgan fingerprint density at radius 1 is 0.941 bits per heavy atom. The Kier molecular flexibility index (Phi) is 3.99. The lowest BCUT2D eigenvalue weighted by atomic mass is 10.2. The summed E-state index contributed by atoms with van der Waals surface area (Å²) in [6.07, 6.45) is 1.98. The van der Waals surface area contributed by atoms with E-state index in [1.165, 1.54) is 22.6 Å². The van der Waals surface area contributed by atoms with Gasteiger partial charge in [0.1, 0.15) is 5.82 Å². The first kappa shape index (κ1) is 11.9. The van der Waals surface area contributed by atoms with Gasteiger partial charge in [0.15, 0.2) is 0 Å². The first-order valence-electron chi connectivity index (χ1n) is 5.39. The van der Waals surface area contributed by atoms with Crippen molar-refractivity contribution >= 4 is 17.8 Å². The summed E-state index contributed by atoms with van der Waals surface area (Å²) in [4.78, 5) is 1.20. The topological polar surface area (TPSA) is 0 Å². The standard InChI is InChI=1S/C15H13FS/c1-12-2-8-15(9-3-12)17-11-10-13-4-6-14(16)7-5-13/h2-11H,1H3/b11-10+. The summed E-state index contributed by atoms with van der Waals surface area (Å²) in [6.45, 7) is 2.07. The average Bonchev–Trinajstić information content (AvgIpc) is 2.34. The molecule has 0 nitrogen and oxygen atoms in total. The number of rotatable bonds is 3. The van der Waals surface area contributed by atoms with Crippen molar-refractivity contribution in [3.05, 3.63) is 70.9 Å². The van der Waals surface area contributed by atoms with Gasteiger partial charge < -0.3 is 0 Å². The molecule has 0 atom stereocenters. The van der Waals surface area contributed by atoms with E-state index in [2.05, 4.69) is 31.2 Å². The number of halogens is 1. The maximum Gasteiger partial charge on any atom is 0.123 e. The van der Waals surface area contributed by atoms with E-state index >= 15 is 0 Å². The number of hydrogen-bond acceptors (Lipinski definition) is 1. The molecule has 0 unspecified atom stereocenters. The van der Waals surface area contributed by atoms with Gasteiger partial charge in [0, 0.05) is 4.90 Å². The maximum absolute atomic E-state index is 12.7. The number of thioether (sulfide) groups is 1. The lowest BCUT2D eigenvalue weighted by molar-refractivity contribution is 0.628. The Labute approximate surface area is 105 Å². The van der Waals surface area contributed by atoms with Crippen molar-refractivity contribution in [2.75, 3.05) is 0 Å². The van der Waals surface area contributed by atoms with Crippen molar-refractivity contribution in [3.8, 4) is 0 Å². The van der Waals surface area contributed by atoms with Gasteiger partial charge in [-0.1, -0.05) is 41.6 Å². The summed E-state index contributed by atoms with van der Waals surface area (Å²) in [5, 5.41) is 2.01. The van der Waals surface area contributed by atoms with Crippen LogP contribution in [0.3, 0.4) is 0 Å². The van der Waals surface area contributed by atoms with Gasteiger partial charge in [-0.05, 0) is 48.2 Å². The van der Waals surface area contributed by atoms with E-state index in [1.807, 2.05) is 11.5 Å². The summed E-state index contributed by atoms with van der Waals surface area (Å²) in [7, 11) is 0. The van der Waals surface area contributed by atoms with Crippen LogP contribution in [0.5, 0.6) is 0 Å². The number of aryl methyl sites for hydroxylation is 1. The molecule has 2 rings (SSSR count). The van der Waals surface area contributed by atoms with Crippen LogP contribution >= 0.6 is 11.8 Å². The van der Waals surface area contributed by atoms with Crippen molar-refractivity contribution in [1.82, 2.24) is 0 Å². The van der Waals surface area contributed by atoms with Crippen LogP contribution in [0.4, 0.5) is 4.39 Å². The monoisotopic (exact) mass is 244 g/mol. The zero-order valence-electron chi connectivity index (χ0n) is 9.56. The average molecular weight is 244 g/mol. The van der Waals surface area contributed by atoms with Crippen LogP contribution < -0.4 is 0 Å². The van der Waals surface area contributed by atoms with Gasteiger partial charge in [-0.25, -0.2) is 4.39 Å². The van der Waals surface area contributed by atoms with Crippen LogP contribution in [-0.4, -0.2) is 0 Å². The van der Waals surface area contributed by atoms with Crippen molar-refractivity contribution < 1.29 is 4.39 Å². The summed E-state index contributed by atoms with van der Waals surface area (Å²) in [5.41, 5.74) is 2.27. The molecule has 0 saturated heterocycles. The molecule has 0 aliphatic rings. The molecular formula is C15H13FS. The molecule has 0 heterocycles. The van der Waals surface area contributed by atoms with Crippen molar-refractivity contribution in [3.63, 3.8) is 0 Å². The summed E-state index contributed by atoms with van der Waals surface area (Å²) < 4.78 is 12.7. The molecule has 0 N–H and O–H groups in total. The van der Waals surface area contributed by atoms with Gasteiger partial charge in [0.2, 0.25) is 0 Å². The second-order valence-corrected chi connectivity index (χ2v) is 4.76. The quantitative estimate of drug-likeness (QED) is 0.692. The van der Waals surface area contributed by atoms with Crippen LogP contribution in [0.25, 0.3) is 6.08 Å². The van der Waals surface area contributed by atoms with Gasteiger partial charge in [-0.15, -0.1) is 0 Å². The minimum atomic E-state index is -0.201. The molecule has 0 radical (unpaired) electrons. The van der Waals surface area contributed by atoms with Crippen molar-refractivity contribution in [1.29, 1.82) is 0 Å². The van der Waals surface area contributed by atoms with E-state index in [0.717, 1.165) is 5.56 Å². The highest BCUT2D eigenvalue weighted by atomic mass is 32.2. The Bertz CT molecular complexity index is 497. The van der Waals surface area contributed by atoms with Gasteiger partial charge in [0.05, 0.1) is 0 Å². The lowest BCUT2D eigenvalue weighted by Crippen LogP contribution is -1.74. The van der Waals surface area contributed by atoms with Gasteiger partial charge in [-0.2, -0.15) is 0 Å². The molecular weight excluding hydrogens is 231 g/mol. The lowest BCUT2D eigenvalue weighted by Gasteiger charge is -1.97. The maximum atomic E-state index is 12.7. The zero-order valence-corrected chi connectivity index (χ0v) is 10.4. The Morgan fingerprint density at radius 3 is 2.24 bits per heavy atom. The van der Waals surface area contributed by atoms with Crippen LogP contribution in [-0.2, 0) is 0 Å². The summed E-state index contributed by atoms with van der Waals surface area (Å²) in [6, 6.07) is 14.8. The molecule has 17 heavy (non-hydrogen) atoms. The first-order valence-corrected chi connectivity index (χ1v) is 6.27.